The van der Waals surface area contributed by atoms with E-state index in [1.165, 1.54) is 0 Å². The fraction of sp³-hybridized carbons (Fsp3) is 0.500. The number of carbonyl (C=O) groups is 1. The van der Waals surface area contributed by atoms with Gasteiger partial charge in [0, 0.05) is 29.9 Å². The summed E-state index contributed by atoms with van der Waals surface area (Å²) in [6.07, 6.45) is 1.05. The van der Waals surface area contributed by atoms with Gasteiger partial charge in [-0.2, -0.15) is 0 Å². The van der Waals surface area contributed by atoms with Gasteiger partial charge in [-0.3, -0.25) is 9.78 Å². The first-order valence-electron chi connectivity index (χ1n) is 5.31. The van der Waals surface area contributed by atoms with Crippen molar-refractivity contribution in [3.05, 3.63) is 23.5 Å². The molecular formula is C12H17NO3. The summed E-state index contributed by atoms with van der Waals surface area (Å²) in [5.41, 5.74) is 1.61. The summed E-state index contributed by atoms with van der Waals surface area (Å²) in [7, 11) is 1.59. The molecule has 4 nitrogen and oxygen atoms in total. The molecule has 0 saturated carbocycles. The Morgan fingerprint density at radius 1 is 1.56 bits per heavy atom. The van der Waals surface area contributed by atoms with Crippen molar-refractivity contribution in [2.45, 2.75) is 26.7 Å². The standard InChI is InChI=1S/C12H17NO3/c1-4-9(12(14)15)6-10-7-11(16-3)5-8(2)13-10/h5,7,9H,4,6H2,1-3H3,(H,14,15). The van der Waals surface area contributed by atoms with Crippen LogP contribution < -0.4 is 4.74 Å². The predicted octanol–water partition coefficient (Wildman–Crippen LogP) is 2.05. The zero-order chi connectivity index (χ0) is 12.1. The smallest absolute Gasteiger partial charge is 0.306 e. The van der Waals surface area contributed by atoms with Crippen molar-refractivity contribution in [3.8, 4) is 5.75 Å². The van der Waals surface area contributed by atoms with Crippen LogP contribution >= 0.6 is 0 Å². The molecule has 0 radical (unpaired) electrons. The van der Waals surface area contributed by atoms with E-state index in [9.17, 15) is 4.79 Å². The van der Waals surface area contributed by atoms with Gasteiger partial charge in [-0.1, -0.05) is 6.92 Å². The lowest BCUT2D eigenvalue weighted by Gasteiger charge is -2.10. The van der Waals surface area contributed by atoms with Crippen molar-refractivity contribution in [2.75, 3.05) is 7.11 Å². The van der Waals surface area contributed by atoms with Crippen LogP contribution in [-0.2, 0) is 11.2 Å². The van der Waals surface area contributed by atoms with Crippen molar-refractivity contribution >= 4 is 5.97 Å². The first-order chi connectivity index (χ1) is 7.56. The number of carboxylic acid groups (broad SMARTS) is 1. The summed E-state index contributed by atoms with van der Waals surface area (Å²) in [5.74, 6) is -0.425. The van der Waals surface area contributed by atoms with E-state index >= 15 is 0 Å². The predicted molar refractivity (Wildman–Crippen MR) is 60.6 cm³/mol. The highest BCUT2D eigenvalue weighted by Crippen LogP contribution is 2.17. The van der Waals surface area contributed by atoms with E-state index < -0.39 is 5.97 Å². The van der Waals surface area contributed by atoms with Crippen molar-refractivity contribution in [3.63, 3.8) is 0 Å². The van der Waals surface area contributed by atoms with Crippen LogP contribution in [0.2, 0.25) is 0 Å². The Morgan fingerprint density at radius 3 is 2.75 bits per heavy atom. The van der Waals surface area contributed by atoms with Gasteiger partial charge in [0.15, 0.2) is 0 Å². The highest BCUT2D eigenvalue weighted by molar-refractivity contribution is 5.70. The number of aromatic nitrogens is 1. The van der Waals surface area contributed by atoms with Crippen LogP contribution in [0.5, 0.6) is 5.75 Å². The van der Waals surface area contributed by atoms with Crippen LogP contribution in [0.15, 0.2) is 12.1 Å². The van der Waals surface area contributed by atoms with Gasteiger partial charge in [0.25, 0.3) is 0 Å². The molecule has 0 aliphatic heterocycles. The van der Waals surface area contributed by atoms with Crippen molar-refractivity contribution in [1.29, 1.82) is 0 Å². The summed E-state index contributed by atoms with van der Waals surface area (Å²) < 4.78 is 5.12. The second kappa shape index (κ2) is 5.49. The molecule has 88 valence electrons. The largest absolute Gasteiger partial charge is 0.497 e. The topological polar surface area (TPSA) is 59.4 Å². The third kappa shape index (κ3) is 3.22. The number of rotatable bonds is 5. The zero-order valence-corrected chi connectivity index (χ0v) is 9.86. The molecule has 0 saturated heterocycles. The number of methoxy groups -OCH3 is 1. The number of hydrogen-bond acceptors (Lipinski definition) is 3. The second-order valence-corrected chi connectivity index (χ2v) is 3.79. The minimum atomic E-state index is -0.773. The number of hydrogen-bond donors (Lipinski definition) is 1. The second-order valence-electron chi connectivity index (χ2n) is 3.79. The molecule has 0 aliphatic rings. The lowest BCUT2D eigenvalue weighted by atomic mass is 10.00. The maximum Gasteiger partial charge on any atom is 0.306 e. The SMILES string of the molecule is CCC(Cc1cc(OC)cc(C)n1)C(=O)O. The molecule has 0 spiro atoms. The minimum absolute atomic E-state index is 0.376. The van der Waals surface area contributed by atoms with Crippen LogP contribution in [0, 0.1) is 12.8 Å². The van der Waals surface area contributed by atoms with Crippen molar-refractivity contribution in [2.24, 2.45) is 5.92 Å². The van der Waals surface area contributed by atoms with Gasteiger partial charge in [0.2, 0.25) is 0 Å². The number of pyridine rings is 1. The van der Waals surface area contributed by atoms with Crippen molar-refractivity contribution < 1.29 is 14.6 Å². The average molecular weight is 223 g/mol. The van der Waals surface area contributed by atoms with E-state index in [0.29, 0.717) is 12.8 Å². The Morgan fingerprint density at radius 2 is 2.25 bits per heavy atom. The molecule has 4 heteroatoms. The fourth-order valence-electron chi connectivity index (χ4n) is 1.58. The van der Waals surface area contributed by atoms with E-state index in [2.05, 4.69) is 4.98 Å². The van der Waals surface area contributed by atoms with Gasteiger partial charge in [0.1, 0.15) is 5.75 Å². The molecule has 0 aromatic carbocycles. The van der Waals surface area contributed by atoms with E-state index in [4.69, 9.17) is 9.84 Å². The van der Waals surface area contributed by atoms with Gasteiger partial charge in [-0.15, -0.1) is 0 Å². The fourth-order valence-corrected chi connectivity index (χ4v) is 1.58. The van der Waals surface area contributed by atoms with Crippen LogP contribution in [-0.4, -0.2) is 23.2 Å². The molecule has 1 unspecified atom stereocenters. The lowest BCUT2D eigenvalue weighted by molar-refractivity contribution is -0.141. The quantitative estimate of drug-likeness (QED) is 0.830. The van der Waals surface area contributed by atoms with Crippen LogP contribution in [0.3, 0.4) is 0 Å². The summed E-state index contributed by atoms with van der Waals surface area (Å²) in [6, 6.07) is 3.61. The minimum Gasteiger partial charge on any atom is -0.497 e. The molecule has 1 heterocycles. The van der Waals surface area contributed by atoms with Crippen LogP contribution in [0.4, 0.5) is 0 Å². The molecule has 1 rings (SSSR count). The molecule has 16 heavy (non-hydrogen) atoms. The Kier molecular flexibility index (Phi) is 4.28. The van der Waals surface area contributed by atoms with Gasteiger partial charge < -0.3 is 9.84 Å². The molecule has 1 atom stereocenters. The summed E-state index contributed by atoms with van der Waals surface area (Å²) in [5, 5.41) is 8.97. The zero-order valence-electron chi connectivity index (χ0n) is 9.86. The molecule has 0 aliphatic carbocycles. The molecule has 1 aromatic heterocycles. The molecule has 1 N–H and O–H groups in total. The Hall–Kier alpha value is -1.58. The number of carboxylic acids is 1. The Balaban J connectivity index is 2.87. The highest BCUT2D eigenvalue weighted by Gasteiger charge is 2.16. The number of aliphatic carboxylic acids is 1. The van der Waals surface area contributed by atoms with Crippen molar-refractivity contribution in [1.82, 2.24) is 4.98 Å². The summed E-state index contributed by atoms with van der Waals surface area (Å²) in [6.45, 7) is 3.74. The number of nitrogens with zero attached hydrogens (tertiary/aromatic N) is 1. The average Bonchev–Trinajstić information content (AvgIpc) is 2.24. The van der Waals surface area contributed by atoms with Gasteiger partial charge >= 0.3 is 5.97 Å². The van der Waals surface area contributed by atoms with Gasteiger partial charge in [0.05, 0.1) is 13.0 Å². The molecule has 1 aromatic rings. The third-order valence-electron chi connectivity index (χ3n) is 2.51. The summed E-state index contributed by atoms with van der Waals surface area (Å²) in [4.78, 5) is 15.2. The van der Waals surface area contributed by atoms with Crippen LogP contribution in [0.1, 0.15) is 24.7 Å². The van der Waals surface area contributed by atoms with Crippen LogP contribution in [0.25, 0.3) is 0 Å². The van der Waals surface area contributed by atoms with E-state index in [0.717, 1.165) is 17.1 Å². The first kappa shape index (κ1) is 12.5. The third-order valence-corrected chi connectivity index (χ3v) is 2.51. The highest BCUT2D eigenvalue weighted by atomic mass is 16.5. The monoisotopic (exact) mass is 223 g/mol. The maximum atomic E-state index is 10.9. The van der Waals surface area contributed by atoms with Gasteiger partial charge in [-0.05, 0) is 13.3 Å². The van der Waals surface area contributed by atoms with E-state index in [1.54, 1.807) is 13.2 Å². The molecule has 0 amide bonds. The van der Waals surface area contributed by atoms with E-state index in [1.807, 2.05) is 19.9 Å². The maximum absolute atomic E-state index is 10.9. The normalized spacial score (nSPS) is 12.2. The molecular weight excluding hydrogens is 206 g/mol. The Labute approximate surface area is 95.3 Å². The van der Waals surface area contributed by atoms with Gasteiger partial charge in [-0.25, -0.2) is 0 Å². The summed E-state index contributed by atoms with van der Waals surface area (Å²) >= 11 is 0. The number of ether oxygens (including phenoxy) is 1. The number of aryl methyl sites for hydroxylation is 1. The molecule has 0 bridgehead atoms. The molecule has 0 fully saturated rings. The Bertz CT molecular complexity index is 377. The lowest BCUT2D eigenvalue weighted by Crippen LogP contribution is -2.16. The van der Waals surface area contributed by atoms with E-state index in [-0.39, 0.29) is 5.92 Å². The first-order valence-corrected chi connectivity index (χ1v) is 5.31.